The molecular weight excluding hydrogens is 318 g/mol. The van der Waals surface area contributed by atoms with Gasteiger partial charge in [0.05, 0.1) is 17.9 Å². The first-order valence-electron chi connectivity index (χ1n) is 9.68. The summed E-state index contributed by atoms with van der Waals surface area (Å²) in [6.45, 7) is 7.41. The predicted molar refractivity (Wildman–Crippen MR) is 93.5 cm³/mol. The van der Waals surface area contributed by atoms with Gasteiger partial charge in [-0.3, -0.25) is 9.89 Å². The summed E-state index contributed by atoms with van der Waals surface area (Å²) in [7, 11) is 0. The summed E-state index contributed by atoms with van der Waals surface area (Å²) in [6.07, 6.45) is 6.47. The highest BCUT2D eigenvalue weighted by molar-refractivity contribution is 5.94. The summed E-state index contributed by atoms with van der Waals surface area (Å²) >= 11 is 0. The van der Waals surface area contributed by atoms with Gasteiger partial charge in [0.2, 0.25) is 0 Å². The zero-order chi connectivity index (χ0) is 17.4. The van der Waals surface area contributed by atoms with Gasteiger partial charge in [-0.15, -0.1) is 0 Å². The fourth-order valence-corrected chi connectivity index (χ4v) is 4.75. The van der Waals surface area contributed by atoms with Gasteiger partial charge in [-0.25, -0.2) is 0 Å². The molecular formula is C19H29N3O3. The maximum atomic E-state index is 13.3. The molecule has 2 saturated heterocycles. The van der Waals surface area contributed by atoms with Crippen molar-refractivity contribution in [2.45, 2.75) is 64.6 Å². The summed E-state index contributed by atoms with van der Waals surface area (Å²) in [5.41, 5.74) is 2.88. The Bertz CT molecular complexity index is 636. The normalized spacial score (nSPS) is 29.3. The van der Waals surface area contributed by atoms with Crippen LogP contribution in [0.15, 0.2) is 0 Å². The standard InChI is InChI=1S/C19H29N3O3/c1-13-11-15-16(14(2)25-13)20-21-17(15)18(23)22-8-4-3-5-19(12-22)6-9-24-10-7-19/h13-14H,3-12H2,1-2H3,(H,20,21)/t13-,14+/m1/s1. The third kappa shape index (κ3) is 3.22. The van der Waals surface area contributed by atoms with Gasteiger partial charge in [-0.05, 0) is 44.9 Å². The van der Waals surface area contributed by atoms with Gasteiger partial charge in [0, 0.05) is 38.3 Å². The van der Waals surface area contributed by atoms with Gasteiger partial charge in [0.1, 0.15) is 0 Å². The van der Waals surface area contributed by atoms with E-state index in [1.165, 1.54) is 12.8 Å². The Morgan fingerprint density at radius 1 is 1.24 bits per heavy atom. The molecule has 0 aromatic carbocycles. The first-order valence-corrected chi connectivity index (χ1v) is 9.68. The number of nitrogens with zero attached hydrogens (tertiary/aromatic N) is 2. The number of H-pyrrole nitrogens is 1. The summed E-state index contributed by atoms with van der Waals surface area (Å²) in [5, 5.41) is 7.46. The van der Waals surface area contributed by atoms with Gasteiger partial charge < -0.3 is 14.4 Å². The molecule has 0 bridgehead atoms. The second-order valence-corrected chi connectivity index (χ2v) is 8.05. The summed E-state index contributed by atoms with van der Waals surface area (Å²) in [5.74, 6) is 0.0894. The minimum atomic E-state index is -0.0289. The van der Waals surface area contributed by atoms with E-state index in [1.54, 1.807) is 0 Å². The van der Waals surface area contributed by atoms with E-state index in [1.807, 2.05) is 6.92 Å². The van der Waals surface area contributed by atoms with E-state index in [4.69, 9.17) is 9.47 Å². The molecule has 0 aliphatic carbocycles. The lowest BCUT2D eigenvalue weighted by Gasteiger charge is -2.39. The number of carbonyl (C=O) groups excluding carboxylic acids is 1. The van der Waals surface area contributed by atoms with Crippen molar-refractivity contribution in [1.82, 2.24) is 15.1 Å². The van der Waals surface area contributed by atoms with Gasteiger partial charge in [-0.2, -0.15) is 5.10 Å². The molecule has 0 saturated carbocycles. The molecule has 0 radical (unpaired) electrons. The number of fused-ring (bicyclic) bond motifs is 1. The molecule has 138 valence electrons. The first-order chi connectivity index (χ1) is 12.1. The van der Waals surface area contributed by atoms with Crippen LogP contribution in [0, 0.1) is 5.41 Å². The fourth-order valence-electron chi connectivity index (χ4n) is 4.75. The number of nitrogens with one attached hydrogen (secondary N) is 1. The molecule has 4 rings (SSSR count). The predicted octanol–water partition coefficient (Wildman–Crippen LogP) is 2.85. The van der Waals surface area contributed by atoms with Crippen LogP contribution in [0.4, 0.5) is 0 Å². The largest absolute Gasteiger partial charge is 0.381 e. The maximum absolute atomic E-state index is 13.3. The average Bonchev–Trinajstić information content (AvgIpc) is 2.91. The van der Waals surface area contributed by atoms with Gasteiger partial charge in [0.25, 0.3) is 5.91 Å². The number of hydrogen-bond acceptors (Lipinski definition) is 4. The van der Waals surface area contributed by atoms with E-state index in [0.29, 0.717) is 5.69 Å². The molecule has 4 heterocycles. The molecule has 1 amide bonds. The zero-order valence-corrected chi connectivity index (χ0v) is 15.3. The smallest absolute Gasteiger partial charge is 0.274 e. The molecule has 2 atom stereocenters. The second kappa shape index (κ2) is 6.72. The van der Waals surface area contributed by atoms with Crippen molar-refractivity contribution in [3.05, 3.63) is 17.0 Å². The second-order valence-electron chi connectivity index (χ2n) is 8.05. The molecule has 3 aliphatic heterocycles. The molecule has 1 spiro atoms. The number of aromatic amines is 1. The molecule has 1 aromatic heterocycles. The van der Waals surface area contributed by atoms with Crippen LogP contribution in [0.3, 0.4) is 0 Å². The summed E-state index contributed by atoms with van der Waals surface area (Å²) < 4.78 is 11.4. The van der Waals surface area contributed by atoms with Crippen LogP contribution < -0.4 is 0 Å². The summed E-state index contributed by atoms with van der Waals surface area (Å²) in [4.78, 5) is 15.4. The van der Waals surface area contributed by atoms with E-state index < -0.39 is 0 Å². The Morgan fingerprint density at radius 3 is 2.84 bits per heavy atom. The zero-order valence-electron chi connectivity index (χ0n) is 15.3. The first kappa shape index (κ1) is 17.0. The number of likely N-dealkylation sites (tertiary alicyclic amines) is 1. The highest BCUT2D eigenvalue weighted by Crippen LogP contribution is 2.39. The van der Waals surface area contributed by atoms with Gasteiger partial charge >= 0.3 is 0 Å². The van der Waals surface area contributed by atoms with Crippen LogP contribution in [-0.4, -0.2) is 53.4 Å². The van der Waals surface area contributed by atoms with Gasteiger partial charge in [-0.1, -0.05) is 6.42 Å². The Kier molecular flexibility index (Phi) is 4.58. The molecule has 25 heavy (non-hydrogen) atoms. The molecule has 6 heteroatoms. The van der Waals surface area contributed by atoms with E-state index in [-0.39, 0.29) is 23.5 Å². The van der Waals surface area contributed by atoms with E-state index in [0.717, 1.165) is 63.2 Å². The van der Waals surface area contributed by atoms with E-state index in [2.05, 4.69) is 22.0 Å². The Labute approximate surface area is 149 Å². The number of hydrogen-bond donors (Lipinski definition) is 1. The van der Waals surface area contributed by atoms with Crippen LogP contribution in [0.2, 0.25) is 0 Å². The number of rotatable bonds is 1. The number of ether oxygens (including phenoxy) is 2. The number of amides is 1. The lowest BCUT2D eigenvalue weighted by molar-refractivity contribution is -0.00744. The molecule has 1 aromatic rings. The van der Waals surface area contributed by atoms with Crippen molar-refractivity contribution in [2.75, 3.05) is 26.3 Å². The highest BCUT2D eigenvalue weighted by Gasteiger charge is 2.39. The molecule has 0 unspecified atom stereocenters. The molecule has 2 fully saturated rings. The van der Waals surface area contributed by atoms with Crippen molar-refractivity contribution in [1.29, 1.82) is 0 Å². The van der Waals surface area contributed by atoms with Crippen molar-refractivity contribution in [3.8, 4) is 0 Å². The highest BCUT2D eigenvalue weighted by atomic mass is 16.5. The van der Waals surface area contributed by atoms with Crippen LogP contribution in [0.25, 0.3) is 0 Å². The van der Waals surface area contributed by atoms with Crippen LogP contribution >= 0.6 is 0 Å². The minimum absolute atomic E-state index is 0.0289. The van der Waals surface area contributed by atoms with Crippen molar-refractivity contribution in [3.63, 3.8) is 0 Å². The van der Waals surface area contributed by atoms with Crippen LogP contribution in [0.5, 0.6) is 0 Å². The number of carbonyl (C=O) groups is 1. The van der Waals surface area contributed by atoms with E-state index >= 15 is 0 Å². The molecule has 6 nitrogen and oxygen atoms in total. The lowest BCUT2D eigenvalue weighted by Crippen LogP contribution is -2.43. The van der Waals surface area contributed by atoms with Gasteiger partial charge in [0.15, 0.2) is 5.69 Å². The van der Waals surface area contributed by atoms with Crippen molar-refractivity contribution >= 4 is 5.91 Å². The fraction of sp³-hybridized carbons (Fsp3) is 0.789. The summed E-state index contributed by atoms with van der Waals surface area (Å²) in [6, 6.07) is 0. The van der Waals surface area contributed by atoms with Crippen LogP contribution in [-0.2, 0) is 15.9 Å². The molecule has 1 N–H and O–H groups in total. The SMILES string of the molecule is C[C@@H]1Cc2c(C(=O)N3CCCCC4(CCOCC4)C3)n[nH]c2[C@H](C)O1. The maximum Gasteiger partial charge on any atom is 0.274 e. The monoisotopic (exact) mass is 347 g/mol. The van der Waals surface area contributed by atoms with Crippen molar-refractivity contribution in [2.24, 2.45) is 5.41 Å². The topological polar surface area (TPSA) is 67.5 Å². The van der Waals surface area contributed by atoms with Crippen LogP contribution in [0.1, 0.15) is 73.8 Å². The lowest BCUT2D eigenvalue weighted by atomic mass is 9.76. The Balaban J connectivity index is 1.58. The molecule has 3 aliphatic rings. The quantitative estimate of drug-likeness (QED) is 0.848. The van der Waals surface area contributed by atoms with E-state index in [9.17, 15) is 4.79 Å². The Morgan fingerprint density at radius 2 is 2.04 bits per heavy atom. The van der Waals surface area contributed by atoms with Crippen molar-refractivity contribution < 1.29 is 14.3 Å². The minimum Gasteiger partial charge on any atom is -0.381 e. The Hall–Kier alpha value is -1.40. The third-order valence-electron chi connectivity index (χ3n) is 6.19. The third-order valence-corrected chi connectivity index (χ3v) is 6.19. The number of aromatic nitrogens is 2. The average molecular weight is 347 g/mol.